The Morgan fingerprint density at radius 2 is 2.42 bits per heavy atom. The van der Waals surface area contributed by atoms with Gasteiger partial charge in [0.05, 0.1) is 12.0 Å². The van der Waals surface area contributed by atoms with Gasteiger partial charge in [-0.15, -0.1) is 0 Å². The number of carbonyl (C=O) groups is 1. The standard InChI is InChI=1S/C14H17N3O2/c1-3-17(10-11(2)9-15)14-12(5-4-8-16-14)6-7-13(18)19/h4-8,11H,3,10H2,1-2H3,(H,18,19)/b7-6+. The first-order chi connectivity index (χ1) is 9.08. The Labute approximate surface area is 112 Å². The summed E-state index contributed by atoms with van der Waals surface area (Å²) in [7, 11) is 0. The summed E-state index contributed by atoms with van der Waals surface area (Å²) >= 11 is 0. The molecule has 5 nitrogen and oxygen atoms in total. The molecule has 1 rings (SSSR count). The highest BCUT2D eigenvalue weighted by Gasteiger charge is 2.12. The van der Waals surface area contributed by atoms with Gasteiger partial charge >= 0.3 is 5.97 Å². The summed E-state index contributed by atoms with van der Waals surface area (Å²) in [6.07, 6.45) is 4.26. The highest BCUT2D eigenvalue weighted by Crippen LogP contribution is 2.19. The van der Waals surface area contributed by atoms with E-state index in [1.54, 1.807) is 12.3 Å². The highest BCUT2D eigenvalue weighted by molar-refractivity contribution is 5.86. The van der Waals surface area contributed by atoms with Crippen LogP contribution in [0.2, 0.25) is 0 Å². The van der Waals surface area contributed by atoms with Gasteiger partial charge in [-0.3, -0.25) is 0 Å². The fraction of sp³-hybridized carbons (Fsp3) is 0.357. The molecule has 1 heterocycles. The van der Waals surface area contributed by atoms with Crippen LogP contribution >= 0.6 is 0 Å². The zero-order valence-corrected chi connectivity index (χ0v) is 11.1. The van der Waals surface area contributed by atoms with Crippen molar-refractivity contribution in [3.05, 3.63) is 30.0 Å². The normalized spacial score (nSPS) is 12.1. The topological polar surface area (TPSA) is 77.2 Å². The second kappa shape index (κ2) is 7.17. The van der Waals surface area contributed by atoms with E-state index < -0.39 is 5.97 Å². The van der Waals surface area contributed by atoms with E-state index in [1.165, 1.54) is 6.08 Å². The first-order valence-corrected chi connectivity index (χ1v) is 6.09. The third-order valence-corrected chi connectivity index (χ3v) is 2.62. The lowest BCUT2D eigenvalue weighted by Gasteiger charge is -2.24. The molecule has 0 aliphatic carbocycles. The molecule has 0 amide bonds. The number of hydrogen-bond acceptors (Lipinski definition) is 4. The average molecular weight is 259 g/mol. The van der Waals surface area contributed by atoms with Crippen molar-refractivity contribution in [3.63, 3.8) is 0 Å². The second-order valence-corrected chi connectivity index (χ2v) is 4.16. The Bertz CT molecular complexity index is 506. The zero-order chi connectivity index (χ0) is 14.3. The van der Waals surface area contributed by atoms with Crippen molar-refractivity contribution in [2.75, 3.05) is 18.0 Å². The summed E-state index contributed by atoms with van der Waals surface area (Å²) in [5.74, 6) is -0.411. The van der Waals surface area contributed by atoms with Gasteiger partial charge in [0.2, 0.25) is 0 Å². The van der Waals surface area contributed by atoms with Crippen LogP contribution in [0.15, 0.2) is 24.4 Å². The van der Waals surface area contributed by atoms with Gasteiger partial charge in [0, 0.05) is 30.9 Å². The Kier molecular flexibility index (Phi) is 5.55. The van der Waals surface area contributed by atoms with Crippen molar-refractivity contribution in [1.82, 2.24) is 4.98 Å². The van der Waals surface area contributed by atoms with Crippen LogP contribution in [0, 0.1) is 17.2 Å². The van der Waals surface area contributed by atoms with Crippen LogP contribution in [0.5, 0.6) is 0 Å². The van der Waals surface area contributed by atoms with Gasteiger partial charge in [0.25, 0.3) is 0 Å². The van der Waals surface area contributed by atoms with Gasteiger partial charge in [-0.1, -0.05) is 0 Å². The van der Waals surface area contributed by atoms with E-state index >= 15 is 0 Å². The maximum Gasteiger partial charge on any atom is 0.328 e. The predicted octanol–water partition coefficient (Wildman–Crippen LogP) is 2.17. The first kappa shape index (κ1) is 14.7. The van der Waals surface area contributed by atoms with Crippen molar-refractivity contribution in [2.24, 2.45) is 5.92 Å². The van der Waals surface area contributed by atoms with Crippen LogP contribution in [0.1, 0.15) is 19.4 Å². The molecule has 0 fully saturated rings. The van der Waals surface area contributed by atoms with Gasteiger partial charge in [-0.25, -0.2) is 9.78 Å². The van der Waals surface area contributed by atoms with E-state index in [1.807, 2.05) is 24.8 Å². The van der Waals surface area contributed by atoms with E-state index in [-0.39, 0.29) is 5.92 Å². The third kappa shape index (κ3) is 4.43. The summed E-state index contributed by atoms with van der Waals surface area (Å²) in [5.41, 5.74) is 0.733. The molecular weight excluding hydrogens is 242 g/mol. The summed E-state index contributed by atoms with van der Waals surface area (Å²) in [6, 6.07) is 5.75. The largest absolute Gasteiger partial charge is 0.478 e. The Morgan fingerprint density at radius 3 is 3.00 bits per heavy atom. The fourth-order valence-corrected chi connectivity index (χ4v) is 1.70. The summed E-state index contributed by atoms with van der Waals surface area (Å²) in [6.45, 7) is 5.09. The zero-order valence-electron chi connectivity index (χ0n) is 11.1. The number of aromatic nitrogens is 1. The van der Waals surface area contributed by atoms with Gasteiger partial charge in [0.15, 0.2) is 0 Å². The fourth-order valence-electron chi connectivity index (χ4n) is 1.70. The number of nitrogens with zero attached hydrogens (tertiary/aromatic N) is 3. The van der Waals surface area contributed by atoms with Crippen molar-refractivity contribution in [1.29, 1.82) is 5.26 Å². The number of rotatable bonds is 6. The van der Waals surface area contributed by atoms with E-state index in [2.05, 4.69) is 11.1 Å². The molecular formula is C14H17N3O2. The van der Waals surface area contributed by atoms with Crippen LogP contribution in [-0.4, -0.2) is 29.1 Å². The molecule has 1 atom stereocenters. The van der Waals surface area contributed by atoms with E-state index in [0.29, 0.717) is 18.9 Å². The summed E-state index contributed by atoms with van der Waals surface area (Å²) in [4.78, 5) is 16.8. The lowest BCUT2D eigenvalue weighted by molar-refractivity contribution is -0.131. The minimum atomic E-state index is -0.997. The van der Waals surface area contributed by atoms with Crippen molar-refractivity contribution in [3.8, 4) is 6.07 Å². The lowest BCUT2D eigenvalue weighted by atomic mass is 10.1. The SMILES string of the molecule is CCN(CC(C)C#N)c1ncccc1/C=C/C(=O)O. The second-order valence-electron chi connectivity index (χ2n) is 4.16. The maximum atomic E-state index is 10.6. The summed E-state index contributed by atoms with van der Waals surface area (Å²) in [5, 5.41) is 17.6. The maximum absolute atomic E-state index is 10.6. The molecule has 1 N–H and O–H groups in total. The van der Waals surface area contributed by atoms with Crippen LogP contribution in [0.3, 0.4) is 0 Å². The molecule has 0 aromatic carbocycles. The average Bonchev–Trinajstić information content (AvgIpc) is 2.42. The smallest absolute Gasteiger partial charge is 0.328 e. The lowest BCUT2D eigenvalue weighted by Crippen LogP contribution is -2.29. The number of aliphatic carboxylic acids is 1. The van der Waals surface area contributed by atoms with Gasteiger partial charge < -0.3 is 10.0 Å². The number of nitriles is 1. The van der Waals surface area contributed by atoms with E-state index in [9.17, 15) is 4.79 Å². The molecule has 19 heavy (non-hydrogen) atoms. The van der Waals surface area contributed by atoms with E-state index in [4.69, 9.17) is 10.4 Å². The molecule has 1 unspecified atom stereocenters. The Morgan fingerprint density at radius 1 is 1.68 bits per heavy atom. The number of carboxylic acids is 1. The number of carboxylic acid groups (broad SMARTS) is 1. The Hall–Kier alpha value is -2.35. The van der Waals surface area contributed by atoms with Gasteiger partial charge in [-0.05, 0) is 32.1 Å². The van der Waals surface area contributed by atoms with Gasteiger partial charge in [0.1, 0.15) is 5.82 Å². The third-order valence-electron chi connectivity index (χ3n) is 2.62. The molecule has 5 heteroatoms. The molecule has 1 aromatic heterocycles. The monoisotopic (exact) mass is 259 g/mol. The van der Waals surface area contributed by atoms with Gasteiger partial charge in [-0.2, -0.15) is 5.26 Å². The summed E-state index contributed by atoms with van der Waals surface area (Å²) < 4.78 is 0. The van der Waals surface area contributed by atoms with Crippen molar-refractivity contribution in [2.45, 2.75) is 13.8 Å². The highest BCUT2D eigenvalue weighted by atomic mass is 16.4. The molecule has 0 radical (unpaired) electrons. The molecule has 0 aliphatic heterocycles. The quantitative estimate of drug-likeness (QED) is 0.792. The molecule has 100 valence electrons. The number of anilines is 1. The Balaban J connectivity index is 3.03. The predicted molar refractivity (Wildman–Crippen MR) is 73.6 cm³/mol. The molecule has 0 bridgehead atoms. The van der Waals surface area contributed by atoms with Crippen LogP contribution in [0.4, 0.5) is 5.82 Å². The number of hydrogen-bond donors (Lipinski definition) is 1. The van der Waals surface area contributed by atoms with Crippen LogP contribution in [-0.2, 0) is 4.79 Å². The molecule has 0 saturated carbocycles. The molecule has 0 spiro atoms. The number of pyridine rings is 1. The molecule has 0 saturated heterocycles. The molecule has 1 aromatic rings. The van der Waals surface area contributed by atoms with Crippen LogP contribution in [0.25, 0.3) is 6.08 Å². The van der Waals surface area contributed by atoms with E-state index in [0.717, 1.165) is 11.6 Å². The van der Waals surface area contributed by atoms with Crippen LogP contribution < -0.4 is 4.90 Å². The minimum absolute atomic E-state index is 0.113. The minimum Gasteiger partial charge on any atom is -0.478 e. The van der Waals surface area contributed by atoms with Crippen molar-refractivity contribution >= 4 is 17.9 Å². The first-order valence-electron chi connectivity index (χ1n) is 6.09. The van der Waals surface area contributed by atoms with Crippen molar-refractivity contribution < 1.29 is 9.90 Å². The molecule has 0 aliphatic rings.